The molecule has 3 unspecified atom stereocenters. The third-order valence-electron chi connectivity index (χ3n) is 6.95. The molecule has 4 fully saturated rings. The molecule has 0 spiro atoms. The molecular formula is C22H28ClFN2O2. The molecule has 2 saturated heterocycles. The van der Waals surface area contributed by atoms with Crippen molar-refractivity contribution in [2.45, 2.75) is 76.5 Å². The number of nitrogens with zero attached hydrogens (tertiary/aromatic N) is 1. The van der Waals surface area contributed by atoms with E-state index in [2.05, 4.69) is 9.88 Å². The van der Waals surface area contributed by atoms with E-state index in [0.717, 1.165) is 48.6 Å². The lowest BCUT2D eigenvalue weighted by Crippen LogP contribution is -2.65. The van der Waals surface area contributed by atoms with Gasteiger partial charge in [0.25, 0.3) is 0 Å². The first kappa shape index (κ1) is 19.7. The Hall–Kier alpha value is -1.59. The van der Waals surface area contributed by atoms with E-state index in [1.807, 2.05) is 13.1 Å². The minimum atomic E-state index is -0.549. The first-order valence-electron chi connectivity index (χ1n) is 9.82. The Morgan fingerprint density at radius 1 is 1.36 bits per heavy atom. The molecule has 2 saturated carbocycles. The molecule has 6 rings (SSSR count). The number of nitrogens with one attached hydrogen (secondary N) is 1. The monoisotopic (exact) mass is 406 g/mol. The van der Waals surface area contributed by atoms with Crippen LogP contribution in [0.4, 0.5) is 4.39 Å². The topological polar surface area (TPSA) is 56.3 Å². The molecule has 3 heterocycles. The van der Waals surface area contributed by atoms with E-state index in [1.54, 1.807) is 6.07 Å². The van der Waals surface area contributed by atoms with Crippen LogP contribution in [-0.4, -0.2) is 38.6 Å². The van der Waals surface area contributed by atoms with Crippen molar-refractivity contribution in [1.29, 1.82) is 0 Å². The highest BCUT2D eigenvalue weighted by molar-refractivity contribution is 6.31. The van der Waals surface area contributed by atoms with Crippen molar-refractivity contribution in [3.8, 4) is 0 Å². The van der Waals surface area contributed by atoms with E-state index in [4.69, 9.17) is 11.6 Å². The molecule has 28 heavy (non-hydrogen) atoms. The highest BCUT2D eigenvalue weighted by Crippen LogP contribution is 2.51. The zero-order valence-electron chi connectivity index (χ0n) is 15.3. The largest absolute Gasteiger partial charge is 0.390 e. The lowest BCUT2D eigenvalue weighted by molar-refractivity contribution is -0.174. The quantitative estimate of drug-likeness (QED) is 0.754. The summed E-state index contributed by atoms with van der Waals surface area (Å²) in [6, 6.07) is 3.40. The van der Waals surface area contributed by atoms with E-state index >= 15 is 0 Å². The molecule has 2 aromatic rings. The minimum absolute atomic E-state index is 0. The number of aliphatic hydroxyl groups is 1. The number of aromatic nitrogens is 1. The van der Waals surface area contributed by atoms with Gasteiger partial charge in [0.05, 0.1) is 10.6 Å². The van der Waals surface area contributed by atoms with Gasteiger partial charge in [-0.3, -0.25) is 4.79 Å². The number of carbonyl (C=O) groups excluding carboxylic acids is 1. The van der Waals surface area contributed by atoms with Crippen molar-refractivity contribution in [3.63, 3.8) is 0 Å². The number of halogens is 2. The molecule has 152 valence electrons. The van der Waals surface area contributed by atoms with Crippen LogP contribution in [0, 0.1) is 11.7 Å². The van der Waals surface area contributed by atoms with Crippen LogP contribution < -0.4 is 0 Å². The van der Waals surface area contributed by atoms with Gasteiger partial charge in [-0.1, -0.05) is 26.0 Å². The lowest BCUT2D eigenvalue weighted by Gasteiger charge is -2.59. The lowest BCUT2D eigenvalue weighted by atomic mass is 9.61. The molecule has 2 aliphatic carbocycles. The molecule has 0 radical (unpaired) electrons. The molecule has 2 aliphatic heterocycles. The maximum atomic E-state index is 13.9. The van der Waals surface area contributed by atoms with Gasteiger partial charge < -0.3 is 15.0 Å². The Balaban J connectivity index is 0.00000192. The molecule has 2 N–H and O–H groups in total. The number of piperidine rings is 2. The predicted molar refractivity (Wildman–Crippen MR) is 109 cm³/mol. The normalized spacial score (nSPS) is 31.9. The van der Waals surface area contributed by atoms with Crippen molar-refractivity contribution < 1.29 is 14.3 Å². The van der Waals surface area contributed by atoms with Crippen LogP contribution in [0.5, 0.6) is 0 Å². The second-order valence-corrected chi connectivity index (χ2v) is 9.35. The molecule has 1 amide bonds. The van der Waals surface area contributed by atoms with E-state index in [1.165, 1.54) is 6.07 Å². The first-order valence-corrected chi connectivity index (χ1v) is 10.2. The van der Waals surface area contributed by atoms with E-state index in [9.17, 15) is 14.3 Å². The highest BCUT2D eigenvalue weighted by Gasteiger charge is 2.54. The molecule has 4 aliphatic rings. The Kier molecular flexibility index (Phi) is 4.74. The number of hydrogen-bond acceptors (Lipinski definition) is 2. The fraction of sp³-hybridized carbons (Fsp3) is 0.591. The molecule has 1 aromatic carbocycles. The van der Waals surface area contributed by atoms with Gasteiger partial charge in [-0.25, -0.2) is 4.39 Å². The summed E-state index contributed by atoms with van der Waals surface area (Å²) in [6.07, 6.45) is 6.64. The first-order chi connectivity index (χ1) is 12.8. The van der Waals surface area contributed by atoms with E-state index < -0.39 is 11.4 Å². The van der Waals surface area contributed by atoms with E-state index in [0.29, 0.717) is 12.3 Å². The van der Waals surface area contributed by atoms with Gasteiger partial charge in [-0.15, -0.1) is 0 Å². The van der Waals surface area contributed by atoms with Gasteiger partial charge in [0.15, 0.2) is 0 Å². The van der Waals surface area contributed by atoms with Gasteiger partial charge in [-0.05, 0) is 61.6 Å². The fourth-order valence-electron chi connectivity index (χ4n) is 6.02. The SMILES string of the molecule is C.CC(CC(=O)N1C2CC3CC1CC(O)(C3)C2)c1c[nH]c2cc(Cl)c(F)cc12. The fourth-order valence-corrected chi connectivity index (χ4v) is 6.18. The maximum Gasteiger partial charge on any atom is 0.223 e. The predicted octanol–water partition coefficient (Wildman–Crippen LogP) is 4.99. The van der Waals surface area contributed by atoms with Crippen LogP contribution in [0.15, 0.2) is 18.3 Å². The molecule has 6 heteroatoms. The van der Waals surface area contributed by atoms with Crippen LogP contribution in [0.3, 0.4) is 0 Å². The summed E-state index contributed by atoms with van der Waals surface area (Å²) in [7, 11) is 0. The number of rotatable bonds is 3. The minimum Gasteiger partial charge on any atom is -0.390 e. The average Bonchev–Trinajstić information content (AvgIpc) is 2.96. The van der Waals surface area contributed by atoms with Crippen molar-refractivity contribution in [3.05, 3.63) is 34.7 Å². The van der Waals surface area contributed by atoms with Gasteiger partial charge in [0.1, 0.15) is 5.82 Å². The maximum absolute atomic E-state index is 13.9. The summed E-state index contributed by atoms with van der Waals surface area (Å²) in [4.78, 5) is 18.3. The Labute approximate surface area is 170 Å². The second-order valence-electron chi connectivity index (χ2n) is 8.94. The number of hydrogen-bond donors (Lipinski definition) is 2. The number of amides is 1. The zero-order valence-corrected chi connectivity index (χ0v) is 16.1. The van der Waals surface area contributed by atoms with Crippen molar-refractivity contribution in [1.82, 2.24) is 9.88 Å². The molecule has 3 atom stereocenters. The number of benzene rings is 1. The van der Waals surface area contributed by atoms with Gasteiger partial charge >= 0.3 is 0 Å². The second kappa shape index (κ2) is 6.74. The zero-order chi connectivity index (χ0) is 18.9. The van der Waals surface area contributed by atoms with Crippen LogP contribution in [0.25, 0.3) is 10.9 Å². The summed E-state index contributed by atoms with van der Waals surface area (Å²) in [5, 5.41) is 11.6. The van der Waals surface area contributed by atoms with Gasteiger partial charge in [0.2, 0.25) is 5.91 Å². The summed E-state index contributed by atoms with van der Waals surface area (Å²) in [5.41, 5.74) is 1.18. The van der Waals surface area contributed by atoms with Gasteiger partial charge in [0, 0.05) is 35.6 Å². The van der Waals surface area contributed by atoms with Crippen LogP contribution >= 0.6 is 11.6 Å². The third kappa shape index (κ3) is 3.03. The van der Waals surface area contributed by atoms with Crippen LogP contribution in [0.1, 0.15) is 64.4 Å². The Morgan fingerprint density at radius 2 is 2.04 bits per heavy atom. The van der Waals surface area contributed by atoms with Crippen molar-refractivity contribution in [2.24, 2.45) is 5.92 Å². The van der Waals surface area contributed by atoms with Gasteiger partial charge in [-0.2, -0.15) is 0 Å². The van der Waals surface area contributed by atoms with Crippen LogP contribution in [-0.2, 0) is 4.79 Å². The van der Waals surface area contributed by atoms with Crippen LogP contribution in [0.2, 0.25) is 5.02 Å². The Bertz CT molecular complexity index is 911. The molecule has 4 nitrogen and oxygen atoms in total. The van der Waals surface area contributed by atoms with E-state index in [-0.39, 0.29) is 36.4 Å². The third-order valence-corrected chi connectivity index (χ3v) is 7.24. The number of H-pyrrole nitrogens is 1. The molecular weight excluding hydrogens is 379 g/mol. The molecule has 1 aromatic heterocycles. The summed E-state index contributed by atoms with van der Waals surface area (Å²) >= 11 is 5.87. The summed E-state index contributed by atoms with van der Waals surface area (Å²) in [6.45, 7) is 2.01. The number of carbonyl (C=O) groups is 1. The average molecular weight is 407 g/mol. The Morgan fingerprint density at radius 3 is 2.68 bits per heavy atom. The smallest absolute Gasteiger partial charge is 0.223 e. The van der Waals surface area contributed by atoms with Crippen molar-refractivity contribution in [2.75, 3.05) is 0 Å². The summed E-state index contributed by atoms with van der Waals surface area (Å²) in [5.74, 6) is 0.257. The number of fused-ring (bicyclic) bond motifs is 1. The number of aromatic amines is 1. The van der Waals surface area contributed by atoms with Crippen molar-refractivity contribution >= 4 is 28.4 Å². The molecule has 4 bridgehead atoms. The standard InChI is InChI=1S/C21H24ClFN2O2.CH4/c1-11(16-10-24-19-6-17(22)18(23)5-15(16)19)2-20(26)25-13-3-12-4-14(25)9-21(27,7-12)8-13;/h5-6,10-14,24,27H,2-4,7-9H2,1H3;1H4. The highest BCUT2D eigenvalue weighted by atomic mass is 35.5. The summed E-state index contributed by atoms with van der Waals surface area (Å²) < 4.78 is 13.9.